The molecule has 0 saturated heterocycles. The first-order valence-electron chi connectivity index (χ1n) is 28.2. The van der Waals surface area contributed by atoms with Crippen molar-refractivity contribution >= 4 is 17.9 Å². The Hall–Kier alpha value is -3.67. The van der Waals surface area contributed by atoms with E-state index < -0.39 is 6.10 Å². The molecule has 6 heteroatoms. The lowest BCUT2D eigenvalue weighted by molar-refractivity contribution is -0.167. The summed E-state index contributed by atoms with van der Waals surface area (Å²) in [5.41, 5.74) is 0. The fourth-order valence-electron chi connectivity index (χ4n) is 7.58. The van der Waals surface area contributed by atoms with Crippen LogP contribution in [0.2, 0.25) is 0 Å². The first-order valence-corrected chi connectivity index (χ1v) is 28.2. The minimum Gasteiger partial charge on any atom is -0.462 e. The molecule has 0 aromatic heterocycles. The standard InChI is InChI=1S/C62H104O6/c1-4-7-10-13-16-19-21-22-23-24-25-26-27-28-29-30-31-32-33-34-35-36-37-38-39-40-42-43-46-49-52-55-61(64)67-58-59(57-66-60(63)54-51-48-45-18-15-12-9-6-3)68-62(65)56-53-50-47-44-41-20-17-14-11-8-5-2/h7,10,14,16-17,19,22-23,25-26,28-29,31-32,34-35,59H,4-6,8-9,11-13,15,18,20-21,24,27,30,33,36-58H2,1-3H3/b10-7-,17-14-,19-16-,23-22-,26-25-,29-28-,32-31-,35-34-. The number of hydrogen-bond donors (Lipinski definition) is 0. The van der Waals surface area contributed by atoms with E-state index in [0.717, 1.165) is 122 Å². The molecule has 0 aromatic carbocycles. The van der Waals surface area contributed by atoms with Crippen molar-refractivity contribution in [3.63, 3.8) is 0 Å². The summed E-state index contributed by atoms with van der Waals surface area (Å²) in [7, 11) is 0. The van der Waals surface area contributed by atoms with Crippen molar-refractivity contribution in [1.82, 2.24) is 0 Å². The Kier molecular flexibility index (Phi) is 52.9. The van der Waals surface area contributed by atoms with E-state index in [9.17, 15) is 14.4 Å². The third-order valence-corrected chi connectivity index (χ3v) is 11.8. The molecular formula is C62H104O6. The molecule has 0 rings (SSSR count). The van der Waals surface area contributed by atoms with Crippen LogP contribution in [0.4, 0.5) is 0 Å². The maximum Gasteiger partial charge on any atom is 0.306 e. The summed E-state index contributed by atoms with van der Waals surface area (Å²) in [6, 6.07) is 0. The average Bonchev–Trinajstić information content (AvgIpc) is 3.34. The van der Waals surface area contributed by atoms with Gasteiger partial charge in [-0.3, -0.25) is 14.4 Å². The molecule has 0 bridgehead atoms. The second-order valence-corrected chi connectivity index (χ2v) is 18.5. The van der Waals surface area contributed by atoms with E-state index in [0.29, 0.717) is 19.3 Å². The molecule has 0 heterocycles. The van der Waals surface area contributed by atoms with Gasteiger partial charge in [0, 0.05) is 19.3 Å². The number of hydrogen-bond acceptors (Lipinski definition) is 6. The normalized spacial score (nSPS) is 12.8. The Morgan fingerprint density at radius 2 is 0.588 bits per heavy atom. The molecule has 0 aromatic rings. The van der Waals surface area contributed by atoms with Gasteiger partial charge in [-0.05, 0) is 96.3 Å². The lowest BCUT2D eigenvalue weighted by Gasteiger charge is -2.18. The van der Waals surface area contributed by atoms with Gasteiger partial charge in [0.2, 0.25) is 0 Å². The van der Waals surface area contributed by atoms with Gasteiger partial charge >= 0.3 is 17.9 Å². The van der Waals surface area contributed by atoms with Crippen LogP contribution in [0.25, 0.3) is 0 Å². The second-order valence-electron chi connectivity index (χ2n) is 18.5. The quantitative estimate of drug-likeness (QED) is 0.0262. The highest BCUT2D eigenvalue weighted by Gasteiger charge is 2.19. The SMILES string of the molecule is CC/C=C\C/C=C\C/C=C\C/C=C\C/C=C\C/C=C\C/C=C\CCCCCCCCCCCC(=O)OCC(COC(=O)CCCCCCCCCC)OC(=O)CCCCCCC/C=C\CCCC. The van der Waals surface area contributed by atoms with Gasteiger partial charge < -0.3 is 14.2 Å². The fourth-order valence-corrected chi connectivity index (χ4v) is 7.58. The Labute approximate surface area is 419 Å². The van der Waals surface area contributed by atoms with Gasteiger partial charge in [-0.25, -0.2) is 0 Å². The number of rotatable bonds is 50. The monoisotopic (exact) mass is 945 g/mol. The highest BCUT2D eigenvalue weighted by molar-refractivity contribution is 5.71. The van der Waals surface area contributed by atoms with Crippen LogP contribution in [-0.4, -0.2) is 37.2 Å². The number of unbranched alkanes of at least 4 members (excludes halogenated alkanes) is 23. The van der Waals surface area contributed by atoms with E-state index in [1.54, 1.807) is 0 Å². The number of carbonyl (C=O) groups is 3. The largest absolute Gasteiger partial charge is 0.462 e. The molecule has 0 aliphatic carbocycles. The summed E-state index contributed by atoms with van der Waals surface area (Å²) in [6.45, 7) is 6.44. The van der Waals surface area contributed by atoms with Crippen molar-refractivity contribution in [2.75, 3.05) is 13.2 Å². The molecule has 0 radical (unpaired) electrons. The highest BCUT2D eigenvalue weighted by Crippen LogP contribution is 2.15. The molecule has 0 aliphatic rings. The Bertz CT molecular complexity index is 1360. The Morgan fingerprint density at radius 1 is 0.309 bits per heavy atom. The van der Waals surface area contributed by atoms with Crippen LogP contribution >= 0.6 is 0 Å². The van der Waals surface area contributed by atoms with E-state index in [2.05, 4.69) is 118 Å². The van der Waals surface area contributed by atoms with Crippen LogP contribution in [0.3, 0.4) is 0 Å². The molecule has 6 nitrogen and oxygen atoms in total. The van der Waals surface area contributed by atoms with Crippen molar-refractivity contribution in [2.24, 2.45) is 0 Å². The van der Waals surface area contributed by atoms with Crippen LogP contribution in [0.5, 0.6) is 0 Å². The maximum absolute atomic E-state index is 12.7. The predicted molar refractivity (Wildman–Crippen MR) is 293 cm³/mol. The Morgan fingerprint density at radius 3 is 0.956 bits per heavy atom. The Balaban J connectivity index is 4.12. The second kappa shape index (κ2) is 55.9. The first kappa shape index (κ1) is 64.3. The summed E-state index contributed by atoms with van der Waals surface area (Å²) >= 11 is 0. The molecule has 388 valence electrons. The molecule has 1 unspecified atom stereocenters. The van der Waals surface area contributed by atoms with Crippen molar-refractivity contribution in [2.45, 2.75) is 264 Å². The van der Waals surface area contributed by atoms with Gasteiger partial charge in [0.25, 0.3) is 0 Å². The zero-order chi connectivity index (χ0) is 49.3. The molecule has 0 aliphatic heterocycles. The summed E-state index contributed by atoms with van der Waals surface area (Å²) in [5, 5.41) is 0. The molecule has 0 saturated carbocycles. The first-order chi connectivity index (χ1) is 33.5. The molecule has 1 atom stereocenters. The molecule has 0 spiro atoms. The van der Waals surface area contributed by atoms with Crippen LogP contribution < -0.4 is 0 Å². The summed E-state index contributed by atoms with van der Waals surface area (Å²) in [4.78, 5) is 37.8. The average molecular weight is 946 g/mol. The molecule has 0 fully saturated rings. The smallest absolute Gasteiger partial charge is 0.306 e. The van der Waals surface area contributed by atoms with Gasteiger partial charge in [-0.2, -0.15) is 0 Å². The fraction of sp³-hybridized carbons (Fsp3) is 0.694. The van der Waals surface area contributed by atoms with Gasteiger partial charge in [-0.15, -0.1) is 0 Å². The third-order valence-electron chi connectivity index (χ3n) is 11.8. The van der Waals surface area contributed by atoms with Crippen molar-refractivity contribution in [1.29, 1.82) is 0 Å². The number of allylic oxidation sites excluding steroid dienone is 16. The van der Waals surface area contributed by atoms with E-state index >= 15 is 0 Å². The zero-order valence-electron chi connectivity index (χ0n) is 44.3. The number of carbonyl (C=O) groups excluding carboxylic acids is 3. The van der Waals surface area contributed by atoms with Crippen molar-refractivity contribution in [3.05, 3.63) is 97.2 Å². The van der Waals surface area contributed by atoms with Crippen molar-refractivity contribution < 1.29 is 28.6 Å². The third kappa shape index (κ3) is 53.3. The molecular weight excluding hydrogens is 841 g/mol. The highest BCUT2D eigenvalue weighted by atomic mass is 16.6. The lowest BCUT2D eigenvalue weighted by Crippen LogP contribution is -2.30. The van der Waals surface area contributed by atoms with E-state index in [-0.39, 0.29) is 31.1 Å². The van der Waals surface area contributed by atoms with Crippen molar-refractivity contribution in [3.8, 4) is 0 Å². The topological polar surface area (TPSA) is 78.9 Å². The minimum absolute atomic E-state index is 0.0809. The van der Waals surface area contributed by atoms with Gasteiger partial charge in [0.15, 0.2) is 6.10 Å². The predicted octanol–water partition coefficient (Wildman–Crippen LogP) is 18.9. The van der Waals surface area contributed by atoms with E-state index in [1.807, 2.05) is 0 Å². The molecule has 0 N–H and O–H groups in total. The zero-order valence-corrected chi connectivity index (χ0v) is 44.3. The minimum atomic E-state index is -0.780. The molecule has 0 amide bonds. The van der Waals surface area contributed by atoms with E-state index in [1.165, 1.54) is 96.3 Å². The molecule has 68 heavy (non-hydrogen) atoms. The summed E-state index contributed by atoms with van der Waals surface area (Å²) in [6.07, 6.45) is 74.2. The van der Waals surface area contributed by atoms with Crippen LogP contribution in [0.1, 0.15) is 258 Å². The summed E-state index contributed by atoms with van der Waals surface area (Å²) < 4.78 is 16.7. The lowest BCUT2D eigenvalue weighted by atomic mass is 10.1. The van der Waals surface area contributed by atoms with Crippen LogP contribution in [0, 0.1) is 0 Å². The van der Waals surface area contributed by atoms with E-state index in [4.69, 9.17) is 14.2 Å². The van der Waals surface area contributed by atoms with Crippen LogP contribution in [0.15, 0.2) is 97.2 Å². The maximum atomic E-state index is 12.7. The van der Waals surface area contributed by atoms with Gasteiger partial charge in [0.1, 0.15) is 13.2 Å². The number of ether oxygens (including phenoxy) is 3. The number of esters is 3. The summed E-state index contributed by atoms with van der Waals surface area (Å²) in [5.74, 6) is -0.902. The van der Waals surface area contributed by atoms with Crippen LogP contribution in [-0.2, 0) is 28.6 Å². The van der Waals surface area contributed by atoms with Gasteiger partial charge in [-0.1, -0.05) is 240 Å². The van der Waals surface area contributed by atoms with Gasteiger partial charge in [0.05, 0.1) is 0 Å².